The molecule has 134 valence electrons. The Labute approximate surface area is 139 Å². The Balaban J connectivity index is 1.36. The van der Waals surface area contributed by atoms with E-state index < -0.39 is 11.8 Å². The van der Waals surface area contributed by atoms with Crippen LogP contribution >= 0.6 is 0 Å². The van der Waals surface area contributed by atoms with Gasteiger partial charge in [0.2, 0.25) is 11.8 Å². The zero-order chi connectivity index (χ0) is 16.9. The van der Waals surface area contributed by atoms with Crippen molar-refractivity contribution in [3.05, 3.63) is 0 Å². The fourth-order valence-corrected chi connectivity index (χ4v) is 4.20. The van der Waals surface area contributed by atoms with Crippen LogP contribution in [-0.4, -0.2) is 66.7 Å². The van der Waals surface area contributed by atoms with Gasteiger partial charge in [-0.3, -0.25) is 14.4 Å². The summed E-state index contributed by atoms with van der Waals surface area (Å²) in [5.41, 5.74) is 0. The maximum Gasteiger partial charge on any atom is 0.252 e. The lowest BCUT2D eigenvalue weighted by molar-refractivity contribution is -0.202. The molecule has 3 aliphatic heterocycles. The lowest BCUT2D eigenvalue weighted by Crippen LogP contribution is -2.47. The van der Waals surface area contributed by atoms with Crippen molar-refractivity contribution in [1.82, 2.24) is 9.96 Å². The van der Waals surface area contributed by atoms with Crippen molar-refractivity contribution in [2.75, 3.05) is 32.8 Å². The molecule has 0 bridgehead atoms. The molecule has 4 fully saturated rings. The van der Waals surface area contributed by atoms with Crippen molar-refractivity contribution in [3.63, 3.8) is 0 Å². The molecule has 4 aliphatic rings. The van der Waals surface area contributed by atoms with Crippen LogP contribution in [0.5, 0.6) is 0 Å². The minimum absolute atomic E-state index is 0.0624. The Morgan fingerprint density at radius 3 is 2.54 bits per heavy atom. The van der Waals surface area contributed by atoms with Gasteiger partial charge in [-0.15, -0.1) is 0 Å². The number of alkyl halides is 2. The molecule has 4 rings (SSSR count). The van der Waals surface area contributed by atoms with Crippen LogP contribution in [0.25, 0.3) is 0 Å². The highest BCUT2D eigenvalue weighted by Gasteiger charge is 2.54. The largest absolute Gasteiger partial charge is 0.375 e. The summed E-state index contributed by atoms with van der Waals surface area (Å²) in [5.74, 6) is -3.96. The van der Waals surface area contributed by atoms with Gasteiger partial charge in [0.1, 0.15) is 0 Å². The monoisotopic (exact) mass is 344 g/mol. The van der Waals surface area contributed by atoms with Crippen molar-refractivity contribution in [3.8, 4) is 0 Å². The van der Waals surface area contributed by atoms with E-state index >= 15 is 0 Å². The van der Waals surface area contributed by atoms with E-state index in [0.717, 1.165) is 12.8 Å². The van der Waals surface area contributed by atoms with Gasteiger partial charge in [0, 0.05) is 44.3 Å². The molecule has 2 amide bonds. The van der Waals surface area contributed by atoms with E-state index in [4.69, 9.17) is 9.57 Å². The number of fused-ring (bicyclic) bond motifs is 1. The second kappa shape index (κ2) is 5.91. The molecule has 0 radical (unpaired) electrons. The lowest BCUT2D eigenvalue weighted by Gasteiger charge is -2.36. The molecule has 24 heavy (non-hydrogen) atoms. The smallest absolute Gasteiger partial charge is 0.252 e. The van der Waals surface area contributed by atoms with Gasteiger partial charge in [0.15, 0.2) is 0 Å². The molecule has 0 aromatic carbocycles. The van der Waals surface area contributed by atoms with Gasteiger partial charge < -0.3 is 9.64 Å². The molecule has 0 spiro atoms. The predicted molar refractivity (Wildman–Crippen MR) is 77.9 cm³/mol. The summed E-state index contributed by atoms with van der Waals surface area (Å²) in [7, 11) is 0. The van der Waals surface area contributed by atoms with E-state index in [1.807, 2.05) is 0 Å². The standard InChI is InChI=1S/C16H22F2N2O4/c17-16(18)5-10(6-16)14(21)19-7-11-12(9-23-13(11)8-19)15(22)20-3-1-2-4-24-20/h10-13H,1-9H2/t11-,12-,13-/m0/s1. The second-order valence-electron chi connectivity index (χ2n) is 7.33. The summed E-state index contributed by atoms with van der Waals surface area (Å²) in [6.45, 7) is 2.30. The number of ether oxygens (including phenoxy) is 1. The van der Waals surface area contributed by atoms with Crippen LogP contribution in [-0.2, 0) is 19.2 Å². The Kier molecular flexibility index (Phi) is 3.99. The third-order valence-electron chi connectivity index (χ3n) is 5.63. The van der Waals surface area contributed by atoms with E-state index in [0.29, 0.717) is 32.8 Å². The quantitative estimate of drug-likeness (QED) is 0.752. The first-order valence-corrected chi connectivity index (χ1v) is 8.67. The summed E-state index contributed by atoms with van der Waals surface area (Å²) in [4.78, 5) is 32.0. The third-order valence-corrected chi connectivity index (χ3v) is 5.63. The number of carbonyl (C=O) groups excluding carboxylic acids is 2. The lowest BCUT2D eigenvalue weighted by atomic mass is 9.80. The first kappa shape index (κ1) is 16.2. The van der Waals surface area contributed by atoms with Gasteiger partial charge in [-0.25, -0.2) is 13.8 Å². The van der Waals surface area contributed by atoms with Crippen LogP contribution < -0.4 is 0 Å². The maximum atomic E-state index is 13.0. The molecule has 3 atom stereocenters. The Morgan fingerprint density at radius 1 is 1.08 bits per heavy atom. The minimum atomic E-state index is -2.70. The van der Waals surface area contributed by atoms with Crippen LogP contribution in [0, 0.1) is 17.8 Å². The number of nitrogens with zero attached hydrogens (tertiary/aromatic N) is 2. The number of rotatable bonds is 2. The number of likely N-dealkylation sites (tertiary alicyclic amines) is 1. The SMILES string of the molecule is O=C(C1CC(F)(F)C1)N1C[C@@H]2[C@H](C1)OC[C@@H]2C(=O)N1CCCCO1. The number of hydrogen-bond acceptors (Lipinski definition) is 4. The van der Waals surface area contributed by atoms with Gasteiger partial charge in [0.25, 0.3) is 5.91 Å². The molecule has 0 N–H and O–H groups in total. The summed E-state index contributed by atoms with van der Waals surface area (Å²) in [6.07, 6.45) is 0.984. The van der Waals surface area contributed by atoms with Crippen LogP contribution in [0.2, 0.25) is 0 Å². The highest BCUT2D eigenvalue weighted by atomic mass is 19.3. The van der Waals surface area contributed by atoms with E-state index in [2.05, 4.69) is 0 Å². The van der Waals surface area contributed by atoms with Gasteiger partial charge in [-0.2, -0.15) is 0 Å². The predicted octanol–water partition coefficient (Wildman–Crippen LogP) is 1.06. The van der Waals surface area contributed by atoms with Gasteiger partial charge in [0.05, 0.1) is 25.2 Å². The van der Waals surface area contributed by atoms with Crippen LogP contribution in [0.1, 0.15) is 25.7 Å². The van der Waals surface area contributed by atoms with Crippen LogP contribution in [0.3, 0.4) is 0 Å². The van der Waals surface area contributed by atoms with Crippen LogP contribution in [0.15, 0.2) is 0 Å². The van der Waals surface area contributed by atoms with Crippen molar-refractivity contribution < 1.29 is 27.9 Å². The fraction of sp³-hybridized carbons (Fsp3) is 0.875. The number of amides is 2. The van der Waals surface area contributed by atoms with Crippen LogP contribution in [0.4, 0.5) is 8.78 Å². The zero-order valence-corrected chi connectivity index (χ0v) is 13.5. The highest BCUT2D eigenvalue weighted by Crippen LogP contribution is 2.44. The molecule has 0 unspecified atom stereocenters. The second-order valence-corrected chi connectivity index (χ2v) is 7.33. The molecular formula is C16H22F2N2O4. The van der Waals surface area contributed by atoms with E-state index in [-0.39, 0.29) is 42.6 Å². The summed E-state index contributed by atoms with van der Waals surface area (Å²) in [6, 6.07) is 0. The molecule has 3 saturated heterocycles. The summed E-state index contributed by atoms with van der Waals surface area (Å²) in [5, 5.41) is 1.43. The number of carbonyl (C=O) groups is 2. The third kappa shape index (κ3) is 2.79. The topological polar surface area (TPSA) is 59.1 Å². The van der Waals surface area contributed by atoms with Crippen molar-refractivity contribution >= 4 is 11.8 Å². The molecule has 8 heteroatoms. The molecular weight excluding hydrogens is 322 g/mol. The Hall–Kier alpha value is -1.28. The molecule has 0 aromatic heterocycles. The summed E-state index contributed by atoms with van der Waals surface area (Å²) < 4.78 is 31.7. The summed E-state index contributed by atoms with van der Waals surface area (Å²) >= 11 is 0. The molecule has 1 saturated carbocycles. The maximum absolute atomic E-state index is 13.0. The highest BCUT2D eigenvalue weighted by molar-refractivity contribution is 5.82. The number of halogens is 2. The molecule has 6 nitrogen and oxygen atoms in total. The fourth-order valence-electron chi connectivity index (χ4n) is 4.20. The van der Waals surface area contributed by atoms with Gasteiger partial charge >= 0.3 is 0 Å². The van der Waals surface area contributed by atoms with Gasteiger partial charge in [-0.1, -0.05) is 0 Å². The number of hydroxylamine groups is 2. The van der Waals surface area contributed by atoms with E-state index in [1.165, 1.54) is 5.06 Å². The molecule has 0 aromatic rings. The Bertz CT molecular complexity index is 530. The first-order chi connectivity index (χ1) is 11.4. The number of hydrogen-bond donors (Lipinski definition) is 0. The normalized spacial score (nSPS) is 35.7. The van der Waals surface area contributed by atoms with Crippen molar-refractivity contribution in [2.45, 2.75) is 37.7 Å². The van der Waals surface area contributed by atoms with Crippen molar-refractivity contribution in [2.24, 2.45) is 17.8 Å². The van der Waals surface area contributed by atoms with Crippen molar-refractivity contribution in [1.29, 1.82) is 0 Å². The molecule has 3 heterocycles. The minimum Gasteiger partial charge on any atom is -0.375 e. The Morgan fingerprint density at radius 2 is 1.88 bits per heavy atom. The van der Waals surface area contributed by atoms with Gasteiger partial charge in [-0.05, 0) is 12.8 Å². The van der Waals surface area contributed by atoms with E-state index in [1.54, 1.807) is 4.90 Å². The average molecular weight is 344 g/mol. The van der Waals surface area contributed by atoms with E-state index in [9.17, 15) is 18.4 Å². The average Bonchev–Trinajstić information content (AvgIpc) is 3.12. The zero-order valence-electron chi connectivity index (χ0n) is 13.5. The first-order valence-electron chi connectivity index (χ1n) is 8.67. The molecule has 1 aliphatic carbocycles.